The van der Waals surface area contributed by atoms with Gasteiger partial charge in [-0.25, -0.2) is 0 Å². The van der Waals surface area contributed by atoms with Gasteiger partial charge in [0.2, 0.25) is 0 Å². The van der Waals surface area contributed by atoms with Crippen LogP contribution in [-0.2, 0) is 14.3 Å². The molecule has 0 radical (unpaired) electrons. The maximum atomic E-state index is 8.00. The summed E-state index contributed by atoms with van der Waals surface area (Å²) < 4.78 is 10.9. The maximum Gasteiger partial charge on any atom is 0.157 e. The topological polar surface area (TPSA) is 35.5 Å². The molecule has 1 fully saturated rings. The van der Waals surface area contributed by atoms with Gasteiger partial charge in [-0.1, -0.05) is 13.3 Å². The lowest BCUT2D eigenvalue weighted by molar-refractivity contribution is -0.162. The summed E-state index contributed by atoms with van der Waals surface area (Å²) in [5, 5.41) is 0. The molecule has 0 aromatic carbocycles. The van der Waals surface area contributed by atoms with E-state index >= 15 is 0 Å². The third kappa shape index (κ3) is 6.72. The van der Waals surface area contributed by atoms with E-state index in [1.165, 1.54) is 19.3 Å². The Bertz CT molecular complexity index is 100. The number of rotatable bonds is 4. The van der Waals surface area contributed by atoms with Gasteiger partial charge in [-0.15, -0.1) is 0 Å². The Hall–Kier alpha value is -0.410. The molecule has 0 N–H and O–H groups in total. The third-order valence-corrected chi connectivity index (χ3v) is 1.94. The van der Waals surface area contributed by atoms with E-state index in [2.05, 4.69) is 6.92 Å². The second-order valence-corrected chi connectivity index (χ2v) is 3.02. The Kier molecular flexibility index (Phi) is 9.37. The summed E-state index contributed by atoms with van der Waals surface area (Å²) in [6.45, 7) is 5.92. The summed E-state index contributed by atoms with van der Waals surface area (Å²) in [7, 11) is 0. The van der Waals surface area contributed by atoms with E-state index in [-0.39, 0.29) is 6.29 Å². The van der Waals surface area contributed by atoms with Crippen LogP contribution in [0.2, 0.25) is 0 Å². The van der Waals surface area contributed by atoms with Crippen LogP contribution in [0.3, 0.4) is 0 Å². The fourth-order valence-electron chi connectivity index (χ4n) is 1.20. The summed E-state index contributed by atoms with van der Waals surface area (Å²) in [6.07, 6.45) is 6.01. The molecule has 1 atom stereocenters. The number of carbonyl (C=O) groups is 1. The zero-order chi connectivity index (χ0) is 9.94. The van der Waals surface area contributed by atoms with Crippen LogP contribution >= 0.6 is 0 Å². The molecule has 0 saturated carbocycles. The average molecular weight is 188 g/mol. The van der Waals surface area contributed by atoms with Gasteiger partial charge < -0.3 is 14.3 Å². The molecule has 0 amide bonds. The van der Waals surface area contributed by atoms with Crippen molar-refractivity contribution in [3.63, 3.8) is 0 Å². The summed E-state index contributed by atoms with van der Waals surface area (Å²) in [4.78, 5) is 8.00. The minimum Gasteiger partial charge on any atom is -0.353 e. The van der Waals surface area contributed by atoms with Crippen LogP contribution in [0.1, 0.15) is 39.0 Å². The molecule has 1 aliphatic heterocycles. The number of hydrogen-bond donors (Lipinski definition) is 0. The first-order chi connectivity index (χ1) is 6.43. The Morgan fingerprint density at radius 3 is 2.77 bits per heavy atom. The van der Waals surface area contributed by atoms with E-state index in [4.69, 9.17) is 14.3 Å². The van der Waals surface area contributed by atoms with Crippen molar-refractivity contribution in [1.82, 2.24) is 0 Å². The van der Waals surface area contributed by atoms with Crippen LogP contribution in [-0.4, -0.2) is 26.3 Å². The molecule has 3 heteroatoms. The molecule has 0 aliphatic carbocycles. The summed E-state index contributed by atoms with van der Waals surface area (Å²) in [5.41, 5.74) is 0. The number of ether oxygens (including phenoxy) is 2. The lowest BCUT2D eigenvalue weighted by atomic mass is 10.2. The van der Waals surface area contributed by atoms with E-state index < -0.39 is 0 Å². The van der Waals surface area contributed by atoms with Gasteiger partial charge in [0, 0.05) is 13.2 Å². The molecule has 0 bridgehead atoms. The van der Waals surface area contributed by atoms with Crippen LogP contribution in [0, 0.1) is 0 Å². The van der Waals surface area contributed by atoms with Crippen molar-refractivity contribution >= 4 is 6.79 Å². The average Bonchev–Trinajstić information content (AvgIpc) is 2.23. The van der Waals surface area contributed by atoms with Gasteiger partial charge in [0.05, 0.1) is 0 Å². The minimum absolute atomic E-state index is 0.107. The second-order valence-electron chi connectivity index (χ2n) is 3.02. The summed E-state index contributed by atoms with van der Waals surface area (Å²) >= 11 is 0. The number of unbranched alkanes of at least 4 members (excludes halogenated alkanes) is 1. The van der Waals surface area contributed by atoms with Crippen molar-refractivity contribution in [2.75, 3.05) is 13.2 Å². The normalized spacial score (nSPS) is 21.8. The highest BCUT2D eigenvalue weighted by Crippen LogP contribution is 2.13. The van der Waals surface area contributed by atoms with Crippen LogP contribution in [0.15, 0.2) is 0 Å². The highest BCUT2D eigenvalue weighted by atomic mass is 16.7. The lowest BCUT2D eigenvalue weighted by Crippen LogP contribution is -2.22. The molecular weight excluding hydrogens is 168 g/mol. The first-order valence-electron chi connectivity index (χ1n) is 4.95. The Labute approximate surface area is 80.4 Å². The van der Waals surface area contributed by atoms with Crippen LogP contribution in [0.5, 0.6) is 0 Å². The Morgan fingerprint density at radius 2 is 2.23 bits per heavy atom. The molecule has 1 saturated heterocycles. The van der Waals surface area contributed by atoms with E-state index in [0.29, 0.717) is 0 Å². The molecule has 0 spiro atoms. The van der Waals surface area contributed by atoms with Gasteiger partial charge in [-0.05, 0) is 25.7 Å². The Balaban J connectivity index is 0.000000671. The van der Waals surface area contributed by atoms with Crippen molar-refractivity contribution in [2.45, 2.75) is 45.3 Å². The molecular formula is C10H20O3. The predicted molar refractivity (Wildman–Crippen MR) is 51.6 cm³/mol. The molecule has 1 unspecified atom stereocenters. The van der Waals surface area contributed by atoms with Gasteiger partial charge in [0.1, 0.15) is 6.79 Å². The van der Waals surface area contributed by atoms with E-state index in [0.717, 1.165) is 26.1 Å². The molecule has 1 aliphatic rings. The Morgan fingerprint density at radius 1 is 1.46 bits per heavy atom. The van der Waals surface area contributed by atoms with Gasteiger partial charge in [0.15, 0.2) is 6.29 Å². The SMILES string of the molecule is C=O.CCCCOC1CCCCO1. The lowest BCUT2D eigenvalue weighted by Gasteiger charge is -2.22. The van der Waals surface area contributed by atoms with Crippen LogP contribution < -0.4 is 0 Å². The van der Waals surface area contributed by atoms with E-state index in [1.807, 2.05) is 6.79 Å². The monoisotopic (exact) mass is 188 g/mol. The molecule has 1 heterocycles. The van der Waals surface area contributed by atoms with E-state index in [1.54, 1.807) is 0 Å². The smallest absolute Gasteiger partial charge is 0.157 e. The van der Waals surface area contributed by atoms with Crippen molar-refractivity contribution in [1.29, 1.82) is 0 Å². The first kappa shape index (κ1) is 12.6. The maximum absolute atomic E-state index is 8.00. The minimum atomic E-state index is 0.107. The van der Waals surface area contributed by atoms with Crippen LogP contribution in [0.25, 0.3) is 0 Å². The molecule has 3 nitrogen and oxygen atoms in total. The standard InChI is InChI=1S/C9H18O2.CH2O/c1-2-3-7-10-9-6-4-5-8-11-9;1-2/h9H,2-8H2,1H3;1H2. The third-order valence-electron chi connectivity index (χ3n) is 1.94. The van der Waals surface area contributed by atoms with Crippen molar-refractivity contribution in [3.8, 4) is 0 Å². The summed E-state index contributed by atoms with van der Waals surface area (Å²) in [5.74, 6) is 0. The van der Waals surface area contributed by atoms with Gasteiger partial charge >= 0.3 is 0 Å². The molecule has 0 aromatic heterocycles. The van der Waals surface area contributed by atoms with Gasteiger partial charge in [-0.2, -0.15) is 0 Å². The predicted octanol–water partition coefficient (Wildman–Crippen LogP) is 2.14. The zero-order valence-electron chi connectivity index (χ0n) is 8.46. The second kappa shape index (κ2) is 9.68. The van der Waals surface area contributed by atoms with Crippen LogP contribution in [0.4, 0.5) is 0 Å². The van der Waals surface area contributed by atoms with Crippen molar-refractivity contribution in [2.24, 2.45) is 0 Å². The zero-order valence-corrected chi connectivity index (χ0v) is 8.46. The highest BCUT2D eigenvalue weighted by Gasteiger charge is 2.12. The molecule has 0 aromatic rings. The molecule has 1 rings (SSSR count). The van der Waals surface area contributed by atoms with Gasteiger partial charge in [-0.3, -0.25) is 0 Å². The highest BCUT2D eigenvalue weighted by molar-refractivity contribution is 5.10. The number of carbonyl (C=O) groups excluding carboxylic acids is 1. The molecule has 13 heavy (non-hydrogen) atoms. The fourth-order valence-corrected chi connectivity index (χ4v) is 1.20. The summed E-state index contributed by atoms with van der Waals surface area (Å²) in [6, 6.07) is 0. The number of hydrogen-bond acceptors (Lipinski definition) is 3. The van der Waals surface area contributed by atoms with Crippen molar-refractivity contribution < 1.29 is 14.3 Å². The first-order valence-corrected chi connectivity index (χ1v) is 4.95. The van der Waals surface area contributed by atoms with Gasteiger partial charge in [0.25, 0.3) is 0 Å². The van der Waals surface area contributed by atoms with E-state index in [9.17, 15) is 0 Å². The largest absolute Gasteiger partial charge is 0.353 e. The quantitative estimate of drug-likeness (QED) is 0.634. The van der Waals surface area contributed by atoms with Crippen molar-refractivity contribution in [3.05, 3.63) is 0 Å². The molecule has 78 valence electrons. The fraction of sp³-hybridized carbons (Fsp3) is 0.900.